The third kappa shape index (κ3) is 5.51. The third-order valence-corrected chi connectivity index (χ3v) is 5.38. The number of ether oxygens (including phenoxy) is 1. The second-order valence-electron chi connectivity index (χ2n) is 7.17. The van der Waals surface area contributed by atoms with E-state index in [0.717, 1.165) is 27.9 Å². The highest BCUT2D eigenvalue weighted by molar-refractivity contribution is 7.09. The van der Waals surface area contributed by atoms with Crippen LogP contribution in [0.1, 0.15) is 43.3 Å². The summed E-state index contributed by atoms with van der Waals surface area (Å²) in [6, 6.07) is 11.6. The van der Waals surface area contributed by atoms with Crippen LogP contribution in [0.15, 0.2) is 41.8 Å². The van der Waals surface area contributed by atoms with Crippen LogP contribution in [-0.2, 0) is 22.6 Å². The molecule has 1 aromatic heterocycles. The highest BCUT2D eigenvalue weighted by Gasteiger charge is 2.15. The van der Waals surface area contributed by atoms with E-state index in [1.165, 1.54) is 11.3 Å². The lowest BCUT2D eigenvalue weighted by Crippen LogP contribution is -2.14. The van der Waals surface area contributed by atoms with Gasteiger partial charge in [0.25, 0.3) is 0 Å². The molecule has 1 amide bonds. The van der Waals surface area contributed by atoms with Gasteiger partial charge in [-0.25, -0.2) is 9.78 Å². The molecule has 0 atom stereocenters. The number of nitrogens with one attached hydrogen (secondary N) is 1. The van der Waals surface area contributed by atoms with Crippen molar-refractivity contribution in [3.8, 4) is 0 Å². The van der Waals surface area contributed by atoms with Crippen molar-refractivity contribution >= 4 is 28.9 Å². The minimum atomic E-state index is -0.355. The predicted octanol–water partition coefficient (Wildman–Crippen LogP) is 4.91. The summed E-state index contributed by atoms with van der Waals surface area (Å²) in [5.74, 6) is -0.482. The predicted molar refractivity (Wildman–Crippen MR) is 115 cm³/mol. The Hall–Kier alpha value is -2.99. The maximum Gasteiger partial charge on any atom is 0.339 e. The number of hydrogen-bond acceptors (Lipinski definition) is 5. The number of nitrogens with zero attached hydrogens (tertiary/aromatic N) is 1. The van der Waals surface area contributed by atoms with Crippen molar-refractivity contribution in [3.63, 3.8) is 0 Å². The molecule has 0 fully saturated rings. The highest BCUT2D eigenvalue weighted by Crippen LogP contribution is 2.19. The molecule has 2 aromatic carbocycles. The van der Waals surface area contributed by atoms with Crippen LogP contribution in [-0.4, -0.2) is 16.9 Å². The molecule has 150 valence electrons. The van der Waals surface area contributed by atoms with E-state index in [1.54, 1.807) is 0 Å². The lowest BCUT2D eigenvalue weighted by atomic mass is 10.00. The quantitative estimate of drug-likeness (QED) is 0.588. The molecule has 0 aliphatic rings. The van der Waals surface area contributed by atoms with Gasteiger partial charge in [-0.3, -0.25) is 4.79 Å². The molecule has 0 radical (unpaired) electrons. The van der Waals surface area contributed by atoms with Crippen LogP contribution in [0.5, 0.6) is 0 Å². The summed E-state index contributed by atoms with van der Waals surface area (Å²) in [6.07, 6.45) is 0.183. The number of esters is 1. The molecule has 0 saturated heterocycles. The maximum absolute atomic E-state index is 12.5. The second kappa shape index (κ2) is 9.01. The Morgan fingerprint density at radius 2 is 1.66 bits per heavy atom. The first kappa shape index (κ1) is 20.7. The van der Waals surface area contributed by atoms with Crippen molar-refractivity contribution in [1.29, 1.82) is 0 Å². The molecule has 0 unspecified atom stereocenters. The largest absolute Gasteiger partial charge is 0.456 e. The van der Waals surface area contributed by atoms with Crippen LogP contribution in [0.4, 0.5) is 5.69 Å². The van der Waals surface area contributed by atoms with Gasteiger partial charge in [0.1, 0.15) is 11.6 Å². The Kier molecular flexibility index (Phi) is 6.44. The maximum atomic E-state index is 12.5. The first-order chi connectivity index (χ1) is 13.8. The van der Waals surface area contributed by atoms with Crippen molar-refractivity contribution in [2.75, 3.05) is 5.32 Å². The summed E-state index contributed by atoms with van der Waals surface area (Å²) in [5.41, 5.74) is 6.06. The van der Waals surface area contributed by atoms with Gasteiger partial charge in [-0.15, -0.1) is 11.3 Å². The van der Waals surface area contributed by atoms with Gasteiger partial charge >= 0.3 is 5.97 Å². The molecule has 3 aromatic rings. The molecule has 0 spiro atoms. The zero-order chi connectivity index (χ0) is 21.0. The summed E-state index contributed by atoms with van der Waals surface area (Å²) < 4.78 is 5.45. The third-order valence-electron chi connectivity index (χ3n) is 4.48. The fraction of sp³-hybridized carbons (Fsp3) is 0.261. The highest BCUT2D eigenvalue weighted by atomic mass is 32.1. The van der Waals surface area contributed by atoms with E-state index < -0.39 is 0 Å². The van der Waals surface area contributed by atoms with Crippen LogP contribution in [0, 0.1) is 27.7 Å². The monoisotopic (exact) mass is 408 g/mol. The van der Waals surface area contributed by atoms with Crippen molar-refractivity contribution in [2.45, 2.75) is 40.7 Å². The molecule has 1 N–H and O–H groups in total. The van der Waals surface area contributed by atoms with Gasteiger partial charge in [-0.2, -0.15) is 0 Å². The zero-order valence-electron chi connectivity index (χ0n) is 17.0. The number of rotatable bonds is 6. The minimum absolute atomic E-state index is 0.0850. The summed E-state index contributed by atoms with van der Waals surface area (Å²) in [6.45, 7) is 7.90. The van der Waals surface area contributed by atoms with Crippen LogP contribution in [0.3, 0.4) is 0 Å². The SMILES string of the molecule is Cc1ccc(NC(=O)Cc2nc(COC(=O)c3c(C)cc(C)cc3C)cs2)cc1. The van der Waals surface area contributed by atoms with Crippen LogP contribution >= 0.6 is 11.3 Å². The second-order valence-corrected chi connectivity index (χ2v) is 8.12. The molecule has 0 aliphatic heterocycles. The first-order valence-electron chi connectivity index (χ1n) is 9.36. The Labute approximate surface area is 174 Å². The standard InChI is InChI=1S/C23H24N2O3S/c1-14-5-7-18(8-6-14)24-20(26)11-21-25-19(13-29-21)12-28-23(27)22-16(3)9-15(2)10-17(22)4/h5-10,13H,11-12H2,1-4H3,(H,24,26). The molecule has 0 bridgehead atoms. The van der Waals surface area contributed by atoms with Gasteiger partial charge in [0.15, 0.2) is 0 Å². The fourth-order valence-corrected chi connectivity index (χ4v) is 3.97. The summed E-state index contributed by atoms with van der Waals surface area (Å²) in [4.78, 5) is 29.1. The average molecular weight is 409 g/mol. The lowest BCUT2D eigenvalue weighted by molar-refractivity contribution is -0.115. The Morgan fingerprint density at radius 3 is 2.31 bits per heavy atom. The topological polar surface area (TPSA) is 68.3 Å². The van der Waals surface area contributed by atoms with E-state index in [0.29, 0.717) is 16.3 Å². The minimum Gasteiger partial charge on any atom is -0.456 e. The van der Waals surface area contributed by atoms with Gasteiger partial charge < -0.3 is 10.1 Å². The van der Waals surface area contributed by atoms with Crippen LogP contribution in [0.25, 0.3) is 0 Å². The summed E-state index contributed by atoms with van der Waals surface area (Å²) in [7, 11) is 0. The molecule has 5 nitrogen and oxygen atoms in total. The van der Waals surface area contributed by atoms with E-state index in [2.05, 4.69) is 10.3 Å². The van der Waals surface area contributed by atoms with E-state index in [-0.39, 0.29) is 24.9 Å². The summed E-state index contributed by atoms with van der Waals surface area (Å²) >= 11 is 1.38. The molecule has 6 heteroatoms. The number of carbonyl (C=O) groups excluding carboxylic acids is 2. The molecule has 3 rings (SSSR count). The van der Waals surface area contributed by atoms with Crippen molar-refractivity contribution in [3.05, 3.63) is 80.3 Å². The first-order valence-corrected chi connectivity index (χ1v) is 10.2. The van der Waals surface area contributed by atoms with Gasteiger partial charge in [0.2, 0.25) is 5.91 Å². The number of aromatic nitrogens is 1. The van der Waals surface area contributed by atoms with Gasteiger partial charge in [0, 0.05) is 11.1 Å². The molecule has 0 saturated carbocycles. The van der Waals surface area contributed by atoms with Crippen molar-refractivity contribution in [1.82, 2.24) is 4.98 Å². The number of thiazole rings is 1. The number of amides is 1. The normalized spacial score (nSPS) is 10.6. The molecule has 1 heterocycles. The molecule has 0 aliphatic carbocycles. The van der Waals surface area contributed by atoms with Gasteiger partial charge in [-0.1, -0.05) is 35.4 Å². The smallest absolute Gasteiger partial charge is 0.339 e. The van der Waals surface area contributed by atoms with Crippen LogP contribution in [0.2, 0.25) is 0 Å². The number of hydrogen-bond donors (Lipinski definition) is 1. The molecular formula is C23H24N2O3S. The summed E-state index contributed by atoms with van der Waals surface area (Å²) in [5, 5.41) is 5.36. The van der Waals surface area contributed by atoms with Crippen molar-refractivity contribution in [2.24, 2.45) is 0 Å². The number of carbonyl (C=O) groups is 2. The van der Waals surface area contributed by atoms with Gasteiger partial charge in [-0.05, 0) is 51.0 Å². The van der Waals surface area contributed by atoms with Crippen molar-refractivity contribution < 1.29 is 14.3 Å². The Morgan fingerprint density at radius 1 is 1.00 bits per heavy atom. The van der Waals surface area contributed by atoms with Crippen LogP contribution < -0.4 is 5.32 Å². The van der Waals surface area contributed by atoms with E-state index in [9.17, 15) is 9.59 Å². The van der Waals surface area contributed by atoms with E-state index in [1.807, 2.05) is 69.5 Å². The Balaban J connectivity index is 1.55. The van der Waals surface area contributed by atoms with E-state index >= 15 is 0 Å². The molecule has 29 heavy (non-hydrogen) atoms. The number of anilines is 1. The Bertz CT molecular complexity index is 1020. The molecular weight excluding hydrogens is 384 g/mol. The number of benzene rings is 2. The fourth-order valence-electron chi connectivity index (χ4n) is 3.19. The van der Waals surface area contributed by atoms with E-state index in [4.69, 9.17) is 4.74 Å². The number of aryl methyl sites for hydroxylation is 4. The zero-order valence-corrected chi connectivity index (χ0v) is 17.9. The average Bonchev–Trinajstić information content (AvgIpc) is 3.08. The lowest BCUT2D eigenvalue weighted by Gasteiger charge is -2.10. The van der Waals surface area contributed by atoms with Gasteiger partial charge in [0.05, 0.1) is 17.7 Å².